The van der Waals surface area contributed by atoms with Crippen LogP contribution in [0.2, 0.25) is 0 Å². The van der Waals surface area contributed by atoms with Crippen molar-refractivity contribution in [3.63, 3.8) is 0 Å². The van der Waals surface area contributed by atoms with Gasteiger partial charge in [-0.15, -0.1) is 11.3 Å². The van der Waals surface area contributed by atoms with Crippen molar-refractivity contribution in [1.82, 2.24) is 0 Å². The molecule has 55 heavy (non-hydrogen) atoms. The van der Waals surface area contributed by atoms with Crippen molar-refractivity contribution in [3.8, 4) is 0 Å². The molecular formula is C50H50BN3S. The van der Waals surface area contributed by atoms with Crippen molar-refractivity contribution in [2.45, 2.75) is 83.6 Å². The van der Waals surface area contributed by atoms with Crippen LogP contribution in [0.5, 0.6) is 0 Å². The van der Waals surface area contributed by atoms with Crippen LogP contribution in [-0.2, 0) is 11.8 Å². The molecule has 4 aliphatic rings. The van der Waals surface area contributed by atoms with Gasteiger partial charge in [0.25, 0.3) is 6.71 Å². The highest BCUT2D eigenvalue weighted by atomic mass is 32.1. The van der Waals surface area contributed by atoms with E-state index in [1.165, 1.54) is 115 Å². The summed E-state index contributed by atoms with van der Waals surface area (Å²) in [6.45, 7) is 10.6. The lowest BCUT2D eigenvalue weighted by molar-refractivity contribution is 0.186. The number of unbranched alkanes of at least 4 members (excludes halogenated alkanes) is 1. The van der Waals surface area contributed by atoms with E-state index in [1.54, 1.807) is 0 Å². The Morgan fingerprint density at radius 2 is 1.45 bits per heavy atom. The van der Waals surface area contributed by atoms with Gasteiger partial charge in [0.2, 0.25) is 0 Å². The van der Waals surface area contributed by atoms with Gasteiger partial charge in [-0.05, 0) is 121 Å². The summed E-state index contributed by atoms with van der Waals surface area (Å²) in [7, 11) is 0. The molecule has 1 aliphatic carbocycles. The molecule has 1 fully saturated rings. The first-order valence-corrected chi connectivity index (χ1v) is 21.4. The fraction of sp³-hybridized carbons (Fsp3) is 0.280. The van der Waals surface area contributed by atoms with E-state index < -0.39 is 0 Å². The van der Waals surface area contributed by atoms with Gasteiger partial charge in [0.1, 0.15) is 0 Å². The second-order valence-electron chi connectivity index (χ2n) is 16.5. The quantitative estimate of drug-likeness (QED) is 0.114. The molecule has 2 unspecified atom stereocenters. The van der Waals surface area contributed by atoms with E-state index in [-0.39, 0.29) is 17.7 Å². The topological polar surface area (TPSA) is 9.72 Å². The molecule has 10 rings (SSSR count). The van der Waals surface area contributed by atoms with Gasteiger partial charge in [0.15, 0.2) is 0 Å². The van der Waals surface area contributed by atoms with E-state index in [0.717, 1.165) is 13.0 Å². The Morgan fingerprint density at radius 3 is 2.20 bits per heavy atom. The largest absolute Gasteiger partial charge is 0.361 e. The number of nitrogens with zero attached hydrogens (tertiary/aromatic N) is 3. The summed E-state index contributed by atoms with van der Waals surface area (Å²) in [6.07, 6.45) is 17.4. The molecular weight excluding hydrogens is 685 g/mol. The number of hydrogen-bond acceptors (Lipinski definition) is 4. The van der Waals surface area contributed by atoms with Gasteiger partial charge < -0.3 is 14.7 Å². The maximum Gasteiger partial charge on any atom is 0.254 e. The second-order valence-corrected chi connectivity index (χ2v) is 17.6. The van der Waals surface area contributed by atoms with E-state index in [2.05, 4.69) is 176 Å². The Morgan fingerprint density at radius 1 is 0.727 bits per heavy atom. The predicted molar refractivity (Wildman–Crippen MR) is 240 cm³/mol. The van der Waals surface area contributed by atoms with Crippen molar-refractivity contribution in [3.05, 3.63) is 145 Å². The van der Waals surface area contributed by atoms with E-state index in [1.807, 2.05) is 11.3 Å². The normalized spacial score (nSPS) is 20.9. The van der Waals surface area contributed by atoms with Crippen LogP contribution in [0.1, 0.15) is 77.3 Å². The third kappa shape index (κ3) is 5.08. The molecule has 1 aromatic heterocycles. The van der Waals surface area contributed by atoms with Gasteiger partial charge in [-0.25, -0.2) is 0 Å². The van der Waals surface area contributed by atoms with E-state index in [9.17, 15) is 0 Å². The van der Waals surface area contributed by atoms with E-state index in [4.69, 9.17) is 0 Å². The zero-order chi connectivity index (χ0) is 37.3. The van der Waals surface area contributed by atoms with Crippen molar-refractivity contribution in [2.24, 2.45) is 0 Å². The number of hydrogen-bond donors (Lipinski definition) is 0. The Kier molecular flexibility index (Phi) is 8.37. The number of anilines is 7. The SMILES string of the molecule is C/C=C\C=C/CN1c2cc3c(cc2C2(C)CCCCC12C)B1c2c(cccc2N(c2ccccc2)c2sc4ccc(CCCC)cc4c21)N3c1ccccc1. The molecule has 274 valence electrons. The fourth-order valence-corrected chi connectivity index (χ4v) is 12.0. The number of rotatable bonds is 8. The minimum atomic E-state index is 0.0402. The van der Waals surface area contributed by atoms with Gasteiger partial charge in [0, 0.05) is 56.3 Å². The van der Waals surface area contributed by atoms with Gasteiger partial charge >= 0.3 is 0 Å². The zero-order valence-corrected chi connectivity index (χ0v) is 33.5. The Labute approximate surface area is 331 Å². The molecule has 0 N–H and O–H groups in total. The highest BCUT2D eigenvalue weighted by molar-refractivity contribution is 7.26. The van der Waals surface area contributed by atoms with Gasteiger partial charge in [-0.3, -0.25) is 0 Å². The van der Waals surface area contributed by atoms with Gasteiger partial charge in [0.05, 0.1) is 5.00 Å². The van der Waals surface area contributed by atoms with Gasteiger partial charge in [-0.2, -0.15) is 0 Å². The second kappa shape index (κ2) is 13.3. The monoisotopic (exact) mass is 735 g/mol. The molecule has 5 aromatic carbocycles. The van der Waals surface area contributed by atoms with Gasteiger partial charge in [-0.1, -0.05) is 118 Å². The molecule has 2 atom stereocenters. The molecule has 0 spiro atoms. The van der Waals surface area contributed by atoms with Crippen LogP contribution in [-0.4, -0.2) is 18.8 Å². The minimum absolute atomic E-state index is 0.0402. The van der Waals surface area contributed by atoms with Crippen LogP contribution in [0.15, 0.2) is 133 Å². The molecule has 6 aromatic rings. The summed E-state index contributed by atoms with van der Waals surface area (Å²) < 4.78 is 1.37. The Balaban J connectivity index is 1.29. The molecule has 3 nitrogen and oxygen atoms in total. The molecule has 0 saturated heterocycles. The molecule has 0 amide bonds. The van der Waals surface area contributed by atoms with Crippen LogP contribution in [0.3, 0.4) is 0 Å². The number of thiophene rings is 1. The summed E-state index contributed by atoms with van der Waals surface area (Å²) >= 11 is 1.97. The number of allylic oxidation sites excluding steroid dienone is 3. The van der Waals surface area contributed by atoms with Crippen LogP contribution >= 0.6 is 11.3 Å². The van der Waals surface area contributed by atoms with Crippen LogP contribution in [0.4, 0.5) is 39.1 Å². The number of fused-ring (bicyclic) bond motifs is 9. The Bertz CT molecular complexity index is 2480. The van der Waals surface area contributed by atoms with Crippen molar-refractivity contribution < 1.29 is 0 Å². The molecule has 4 heterocycles. The van der Waals surface area contributed by atoms with E-state index >= 15 is 0 Å². The number of para-hydroxylation sites is 2. The maximum atomic E-state index is 2.78. The molecule has 1 saturated carbocycles. The maximum absolute atomic E-state index is 2.78. The summed E-state index contributed by atoms with van der Waals surface area (Å²) in [6, 6.07) is 41.9. The van der Waals surface area contributed by atoms with Crippen molar-refractivity contribution in [2.75, 3.05) is 21.2 Å². The number of benzene rings is 5. The lowest BCUT2D eigenvalue weighted by Gasteiger charge is -2.50. The molecule has 0 radical (unpaired) electrons. The predicted octanol–water partition coefficient (Wildman–Crippen LogP) is 11.9. The minimum Gasteiger partial charge on any atom is -0.361 e. The first-order chi connectivity index (χ1) is 27.0. The van der Waals surface area contributed by atoms with Crippen LogP contribution in [0.25, 0.3) is 10.1 Å². The van der Waals surface area contributed by atoms with Crippen molar-refractivity contribution >= 4 is 83.6 Å². The summed E-state index contributed by atoms with van der Waals surface area (Å²) in [5.41, 5.74) is 15.1. The Hall–Kier alpha value is -5.00. The first kappa shape index (κ1) is 34.5. The summed E-state index contributed by atoms with van der Waals surface area (Å²) in [5.74, 6) is 0. The highest BCUT2D eigenvalue weighted by Gasteiger charge is 2.58. The third-order valence-electron chi connectivity index (χ3n) is 13.6. The highest BCUT2D eigenvalue weighted by Crippen LogP contribution is 2.59. The van der Waals surface area contributed by atoms with Crippen LogP contribution in [0, 0.1) is 0 Å². The third-order valence-corrected chi connectivity index (χ3v) is 14.8. The summed E-state index contributed by atoms with van der Waals surface area (Å²) in [5, 5.41) is 2.77. The molecule has 3 aliphatic heterocycles. The first-order valence-electron chi connectivity index (χ1n) is 20.6. The van der Waals surface area contributed by atoms with Crippen LogP contribution < -0.4 is 31.1 Å². The lowest BCUT2D eigenvalue weighted by atomic mass is 9.33. The standard InChI is InChI=1S/C50H50BN3S/c1-5-7-9-18-31-52-43-34-44-40(33-39(43)49(3)29-16-17-30-50(49,52)4)51-46-38-32-35(20-8-6-2)27-28-45(38)55-48(46)54(37-23-14-11-15-24-37)42-26-19-25-41(47(42)51)53(44)36-21-12-10-13-22-36/h5,7,9-15,18-19,21-28,32-34H,6,8,16-17,20,29-31H2,1-4H3/b7-5-,18-9-. The fourth-order valence-electron chi connectivity index (χ4n) is 10.7. The van der Waals surface area contributed by atoms with E-state index in [0.29, 0.717) is 0 Å². The average molecular weight is 736 g/mol. The number of aryl methyl sites for hydroxylation is 1. The average Bonchev–Trinajstić information content (AvgIpc) is 3.68. The van der Waals surface area contributed by atoms with Crippen molar-refractivity contribution in [1.29, 1.82) is 0 Å². The molecule has 5 heteroatoms. The molecule has 0 bridgehead atoms. The smallest absolute Gasteiger partial charge is 0.254 e. The lowest BCUT2D eigenvalue weighted by Crippen LogP contribution is -2.61. The summed E-state index contributed by atoms with van der Waals surface area (Å²) in [4.78, 5) is 7.93. The zero-order valence-electron chi connectivity index (χ0n) is 32.7.